The molecule has 0 saturated heterocycles. The molecule has 0 aliphatic rings. The number of nitrogens with one attached hydrogen (secondary N) is 2. The second-order valence-corrected chi connectivity index (χ2v) is 4.79. The summed E-state index contributed by atoms with van der Waals surface area (Å²) in [4.78, 5) is 14.6. The topological polar surface area (TPSA) is 115 Å². The molecule has 0 aliphatic carbocycles. The molecule has 1 aromatic heterocycles. The molecule has 1 heterocycles. The zero-order valence-corrected chi connectivity index (χ0v) is 12.5. The Hall–Kier alpha value is -2.39. The third-order valence-corrected chi connectivity index (χ3v) is 3.34. The Morgan fingerprint density at radius 1 is 1.38 bits per heavy atom. The van der Waals surface area contributed by atoms with Crippen LogP contribution in [0.5, 0.6) is 5.75 Å². The average Bonchev–Trinajstić information content (AvgIpc) is 2.49. The van der Waals surface area contributed by atoms with Gasteiger partial charge >= 0.3 is 5.69 Å². The Morgan fingerprint density at radius 3 is 2.76 bits per heavy atom. The third kappa shape index (κ3) is 3.38. The van der Waals surface area contributed by atoms with Crippen LogP contribution in [0, 0.1) is 10.1 Å². The Labute approximate surface area is 128 Å². The van der Waals surface area contributed by atoms with Gasteiger partial charge < -0.3 is 15.5 Å². The summed E-state index contributed by atoms with van der Waals surface area (Å²) in [6, 6.07) is 7.95. The van der Waals surface area contributed by atoms with Crippen molar-refractivity contribution < 1.29 is 9.66 Å². The van der Waals surface area contributed by atoms with E-state index in [1.807, 2.05) is 0 Å². The number of hydrogen-bond donors (Lipinski definition) is 3. The van der Waals surface area contributed by atoms with Crippen molar-refractivity contribution in [3.8, 4) is 5.75 Å². The molecule has 21 heavy (non-hydrogen) atoms. The maximum atomic E-state index is 11.1. The van der Waals surface area contributed by atoms with Gasteiger partial charge in [-0.05, 0) is 34.1 Å². The van der Waals surface area contributed by atoms with Crippen LogP contribution in [0.15, 0.2) is 34.8 Å². The number of methoxy groups -OCH3 is 1. The van der Waals surface area contributed by atoms with E-state index in [1.54, 1.807) is 18.2 Å². The number of rotatable bonds is 5. The van der Waals surface area contributed by atoms with Gasteiger partial charge in [0.1, 0.15) is 11.6 Å². The minimum absolute atomic E-state index is 0.0735. The molecule has 0 atom stereocenters. The number of nitrogens with zero attached hydrogens (tertiary/aromatic N) is 2. The molecule has 0 fully saturated rings. The van der Waals surface area contributed by atoms with E-state index in [-0.39, 0.29) is 11.5 Å². The lowest BCUT2D eigenvalue weighted by molar-refractivity contribution is -0.384. The van der Waals surface area contributed by atoms with Crippen molar-refractivity contribution in [1.82, 2.24) is 4.98 Å². The largest absolute Gasteiger partial charge is 0.497 e. The van der Waals surface area contributed by atoms with Crippen molar-refractivity contribution in [1.29, 1.82) is 0 Å². The number of anilines is 3. The van der Waals surface area contributed by atoms with E-state index in [4.69, 9.17) is 10.6 Å². The van der Waals surface area contributed by atoms with Crippen LogP contribution in [0.3, 0.4) is 0 Å². The van der Waals surface area contributed by atoms with Crippen molar-refractivity contribution in [3.63, 3.8) is 0 Å². The monoisotopic (exact) mass is 353 g/mol. The summed E-state index contributed by atoms with van der Waals surface area (Å²) in [5, 5.41) is 14.0. The molecule has 0 saturated carbocycles. The maximum absolute atomic E-state index is 11.1. The normalized spacial score (nSPS) is 10.0. The molecule has 0 amide bonds. The number of nitrogen functional groups attached to an aromatic ring is 1. The van der Waals surface area contributed by atoms with Crippen LogP contribution in [0.25, 0.3) is 0 Å². The molecule has 1 aromatic carbocycles. The first-order chi connectivity index (χ1) is 10.0. The molecule has 0 radical (unpaired) electrons. The summed E-state index contributed by atoms with van der Waals surface area (Å²) in [6.07, 6.45) is 0. The zero-order chi connectivity index (χ0) is 15.4. The van der Waals surface area contributed by atoms with E-state index in [0.717, 1.165) is 0 Å². The van der Waals surface area contributed by atoms with Gasteiger partial charge in [0.05, 0.1) is 17.7 Å². The lowest BCUT2D eigenvalue weighted by Crippen LogP contribution is -2.10. The number of benzene rings is 1. The van der Waals surface area contributed by atoms with E-state index in [0.29, 0.717) is 21.7 Å². The summed E-state index contributed by atoms with van der Waals surface area (Å²) in [6.45, 7) is 0. The number of halogens is 1. The molecule has 0 aliphatic heterocycles. The van der Waals surface area contributed by atoms with Gasteiger partial charge in [-0.1, -0.05) is 0 Å². The molecule has 110 valence electrons. The van der Waals surface area contributed by atoms with Crippen molar-refractivity contribution in [2.45, 2.75) is 0 Å². The lowest BCUT2D eigenvalue weighted by atomic mass is 10.3. The van der Waals surface area contributed by atoms with Crippen LogP contribution < -0.4 is 21.3 Å². The first kappa shape index (κ1) is 15.0. The quantitative estimate of drug-likeness (QED) is 0.430. The van der Waals surface area contributed by atoms with Gasteiger partial charge in [0.15, 0.2) is 0 Å². The number of nitro groups is 1. The standard InChI is InChI=1S/C12H12BrN5O3/c1-21-7-2-3-8(13)9(6-7)15-12-10(18(19)20)4-5-11(16-12)17-14/h2-6H,14H2,1H3,(H2,15,16,17). The van der Waals surface area contributed by atoms with Crippen LogP contribution >= 0.6 is 15.9 Å². The summed E-state index contributed by atoms with van der Waals surface area (Å²) >= 11 is 3.36. The van der Waals surface area contributed by atoms with Crippen LogP contribution in [0.4, 0.5) is 23.0 Å². The molecule has 0 bridgehead atoms. The highest BCUT2D eigenvalue weighted by Crippen LogP contribution is 2.33. The van der Waals surface area contributed by atoms with Gasteiger partial charge in [-0.15, -0.1) is 0 Å². The van der Waals surface area contributed by atoms with Crippen LogP contribution in [0.2, 0.25) is 0 Å². The van der Waals surface area contributed by atoms with Gasteiger partial charge in [0.2, 0.25) is 5.82 Å². The zero-order valence-electron chi connectivity index (χ0n) is 11.0. The van der Waals surface area contributed by atoms with Gasteiger partial charge in [-0.3, -0.25) is 10.1 Å². The number of pyridine rings is 1. The highest BCUT2D eigenvalue weighted by molar-refractivity contribution is 9.10. The van der Waals surface area contributed by atoms with Gasteiger partial charge in [0, 0.05) is 16.6 Å². The smallest absolute Gasteiger partial charge is 0.311 e. The summed E-state index contributed by atoms with van der Waals surface area (Å²) in [5.41, 5.74) is 2.77. The Bertz CT molecular complexity index is 680. The molecule has 0 spiro atoms. The van der Waals surface area contributed by atoms with Crippen LogP contribution in [-0.2, 0) is 0 Å². The van der Waals surface area contributed by atoms with Crippen LogP contribution in [-0.4, -0.2) is 17.0 Å². The molecule has 0 unspecified atom stereocenters. The highest BCUT2D eigenvalue weighted by atomic mass is 79.9. The summed E-state index contributed by atoms with van der Waals surface area (Å²) in [5.74, 6) is 6.26. The molecule has 4 N–H and O–H groups in total. The Balaban J connectivity index is 2.44. The van der Waals surface area contributed by atoms with Crippen molar-refractivity contribution in [2.75, 3.05) is 17.9 Å². The fourth-order valence-electron chi connectivity index (χ4n) is 1.63. The van der Waals surface area contributed by atoms with E-state index in [2.05, 4.69) is 31.7 Å². The maximum Gasteiger partial charge on any atom is 0.311 e. The number of nitrogens with two attached hydrogens (primary N) is 1. The molecular weight excluding hydrogens is 342 g/mol. The number of ether oxygens (including phenoxy) is 1. The lowest BCUT2D eigenvalue weighted by Gasteiger charge is -2.11. The second-order valence-electron chi connectivity index (χ2n) is 3.94. The molecular formula is C12H12BrN5O3. The first-order valence-corrected chi connectivity index (χ1v) is 6.57. The van der Waals surface area contributed by atoms with Crippen molar-refractivity contribution >= 4 is 38.9 Å². The third-order valence-electron chi connectivity index (χ3n) is 2.65. The van der Waals surface area contributed by atoms with E-state index >= 15 is 0 Å². The molecule has 2 rings (SSSR count). The van der Waals surface area contributed by atoms with E-state index in [9.17, 15) is 10.1 Å². The minimum atomic E-state index is -0.524. The summed E-state index contributed by atoms with van der Waals surface area (Å²) in [7, 11) is 1.53. The Kier molecular flexibility index (Phi) is 4.55. The minimum Gasteiger partial charge on any atom is -0.497 e. The SMILES string of the molecule is COc1ccc(Br)c(Nc2nc(NN)ccc2[N+](=O)[O-])c1. The first-order valence-electron chi connectivity index (χ1n) is 5.77. The van der Waals surface area contributed by atoms with Crippen LogP contribution in [0.1, 0.15) is 0 Å². The van der Waals surface area contributed by atoms with Gasteiger partial charge in [-0.25, -0.2) is 10.8 Å². The number of hydrazine groups is 1. The van der Waals surface area contributed by atoms with E-state index in [1.165, 1.54) is 19.2 Å². The van der Waals surface area contributed by atoms with Crippen molar-refractivity contribution in [2.24, 2.45) is 5.84 Å². The van der Waals surface area contributed by atoms with Gasteiger partial charge in [-0.2, -0.15) is 0 Å². The summed E-state index contributed by atoms with van der Waals surface area (Å²) < 4.78 is 5.84. The van der Waals surface area contributed by atoms with E-state index < -0.39 is 4.92 Å². The second kappa shape index (κ2) is 6.37. The number of hydrogen-bond acceptors (Lipinski definition) is 7. The fourth-order valence-corrected chi connectivity index (χ4v) is 1.97. The molecule has 9 heteroatoms. The predicted octanol–water partition coefficient (Wildman–Crippen LogP) is 2.79. The Morgan fingerprint density at radius 2 is 2.14 bits per heavy atom. The number of aromatic nitrogens is 1. The molecule has 8 nitrogen and oxygen atoms in total. The highest BCUT2D eigenvalue weighted by Gasteiger charge is 2.17. The van der Waals surface area contributed by atoms with Crippen molar-refractivity contribution in [3.05, 3.63) is 44.9 Å². The predicted molar refractivity (Wildman–Crippen MR) is 82.7 cm³/mol. The van der Waals surface area contributed by atoms with Gasteiger partial charge in [0.25, 0.3) is 0 Å². The average molecular weight is 354 g/mol. The molecule has 2 aromatic rings. The fraction of sp³-hybridized carbons (Fsp3) is 0.0833.